The summed E-state index contributed by atoms with van der Waals surface area (Å²) in [5, 5.41) is 0. The predicted octanol–water partition coefficient (Wildman–Crippen LogP) is 6.12. The van der Waals surface area contributed by atoms with Crippen molar-refractivity contribution in [2.45, 2.75) is 77.5 Å². The summed E-state index contributed by atoms with van der Waals surface area (Å²) < 4.78 is 47.7. The van der Waals surface area contributed by atoms with Crippen LogP contribution >= 0.6 is 22.6 Å². The van der Waals surface area contributed by atoms with Gasteiger partial charge in [-0.2, -0.15) is 4.98 Å². The van der Waals surface area contributed by atoms with Crippen LogP contribution in [0.15, 0.2) is 6.07 Å². The number of nitrogens with zero attached hydrogens (tertiary/aromatic N) is 2. The fourth-order valence-corrected chi connectivity index (χ4v) is 5.12. The average molecular weight is 595 g/mol. The summed E-state index contributed by atoms with van der Waals surface area (Å²) in [5.41, 5.74) is 0.407. The number of ether oxygens (including phenoxy) is 3. The minimum Gasteiger partial charge on any atom is -0.466 e. The molecule has 6 nitrogen and oxygen atoms in total. The van der Waals surface area contributed by atoms with E-state index in [1.165, 1.54) is 6.07 Å². The van der Waals surface area contributed by atoms with E-state index in [0.717, 1.165) is 31.7 Å². The highest BCUT2D eigenvalue weighted by molar-refractivity contribution is 14.1. The summed E-state index contributed by atoms with van der Waals surface area (Å²) in [5.74, 6) is -1.20. The Morgan fingerprint density at radius 3 is 2.58 bits per heavy atom. The Labute approximate surface area is 208 Å². The smallest absolute Gasteiger partial charge is 0.306 e. The quantitative estimate of drug-likeness (QED) is 0.109. The molecular formula is C23H33F2IN2O4Si. The van der Waals surface area contributed by atoms with Crippen molar-refractivity contribution < 1.29 is 27.8 Å². The molecule has 10 heteroatoms. The summed E-state index contributed by atoms with van der Waals surface area (Å²) >= 11 is 1.65. The van der Waals surface area contributed by atoms with Crippen LogP contribution in [0.5, 0.6) is 6.01 Å². The number of imidazole rings is 1. The van der Waals surface area contributed by atoms with Gasteiger partial charge in [0, 0.05) is 27.2 Å². The zero-order chi connectivity index (χ0) is 24.2. The Morgan fingerprint density at radius 2 is 1.94 bits per heavy atom. The highest BCUT2D eigenvalue weighted by Crippen LogP contribution is 2.33. The van der Waals surface area contributed by atoms with E-state index in [1.54, 1.807) is 34.1 Å². The number of benzene rings is 1. The van der Waals surface area contributed by atoms with Gasteiger partial charge in [-0.25, -0.2) is 8.78 Å². The third-order valence-electron chi connectivity index (χ3n) is 5.89. The van der Waals surface area contributed by atoms with Crippen LogP contribution in [0.3, 0.4) is 0 Å². The van der Waals surface area contributed by atoms with Crippen molar-refractivity contribution in [3.05, 3.63) is 21.3 Å². The Kier molecular flexibility index (Phi) is 9.13. The first-order chi connectivity index (χ1) is 15.6. The van der Waals surface area contributed by atoms with E-state index >= 15 is 0 Å². The molecule has 3 rings (SSSR count). The van der Waals surface area contributed by atoms with E-state index in [4.69, 9.17) is 14.2 Å². The number of carbonyl (C=O) groups is 1. The number of hydrogen-bond donors (Lipinski definition) is 0. The van der Waals surface area contributed by atoms with Crippen LogP contribution in [0.4, 0.5) is 8.78 Å². The lowest BCUT2D eigenvalue weighted by Crippen LogP contribution is -2.27. The molecule has 1 aliphatic carbocycles. The van der Waals surface area contributed by atoms with E-state index in [2.05, 4.69) is 24.6 Å². The van der Waals surface area contributed by atoms with Gasteiger partial charge in [0.25, 0.3) is 6.01 Å². The van der Waals surface area contributed by atoms with Crippen molar-refractivity contribution in [3.63, 3.8) is 0 Å². The molecular weight excluding hydrogens is 561 g/mol. The lowest BCUT2D eigenvalue weighted by atomic mass is 9.85. The molecule has 1 saturated carbocycles. The summed E-state index contributed by atoms with van der Waals surface area (Å²) in [6.45, 7) is 9.69. The monoisotopic (exact) mass is 594 g/mol. The highest BCUT2D eigenvalue weighted by atomic mass is 127. The van der Waals surface area contributed by atoms with Crippen molar-refractivity contribution in [2.24, 2.45) is 5.92 Å². The first-order valence-electron chi connectivity index (χ1n) is 11.5. The zero-order valence-electron chi connectivity index (χ0n) is 19.8. The van der Waals surface area contributed by atoms with E-state index in [0.29, 0.717) is 25.2 Å². The molecule has 1 aliphatic rings. The maximum Gasteiger partial charge on any atom is 0.306 e. The summed E-state index contributed by atoms with van der Waals surface area (Å²) in [6.07, 6.45) is 3.53. The summed E-state index contributed by atoms with van der Waals surface area (Å²) in [7, 11) is -1.27. The van der Waals surface area contributed by atoms with Gasteiger partial charge in [-0.15, -0.1) is 0 Å². The maximum atomic E-state index is 14.8. The predicted molar refractivity (Wildman–Crippen MR) is 134 cm³/mol. The number of hydrogen-bond acceptors (Lipinski definition) is 5. The Hall–Kier alpha value is -1.27. The van der Waals surface area contributed by atoms with Crippen molar-refractivity contribution in [3.8, 4) is 6.01 Å². The van der Waals surface area contributed by atoms with Crippen LogP contribution in [-0.2, 0) is 21.0 Å². The van der Waals surface area contributed by atoms with Gasteiger partial charge in [0.2, 0.25) is 0 Å². The van der Waals surface area contributed by atoms with Crippen LogP contribution in [0.2, 0.25) is 25.7 Å². The molecule has 0 bridgehead atoms. The molecule has 0 spiro atoms. The van der Waals surface area contributed by atoms with Crippen LogP contribution < -0.4 is 4.74 Å². The molecule has 2 aromatic rings. The molecule has 33 heavy (non-hydrogen) atoms. The number of rotatable bonds is 10. The molecule has 1 aromatic heterocycles. The fraction of sp³-hybridized carbons (Fsp3) is 0.652. The second kappa shape index (κ2) is 11.4. The standard InChI is InChI=1S/C23H33F2IN2O4Si/c1-5-31-19(29)12-15-6-8-16(9-7-15)32-23-27-22-18(13-17(24)21(26)20(22)25)28(23)14-30-10-11-33(2,3)4/h13,15-16H,5-12,14H2,1-4H3. The molecule has 0 aliphatic heterocycles. The summed E-state index contributed by atoms with van der Waals surface area (Å²) in [4.78, 5) is 16.1. The average Bonchev–Trinajstić information content (AvgIpc) is 3.07. The molecule has 0 atom stereocenters. The van der Waals surface area contributed by atoms with Gasteiger partial charge in [0.1, 0.15) is 24.2 Å². The lowest BCUT2D eigenvalue weighted by molar-refractivity contribution is -0.144. The van der Waals surface area contributed by atoms with Crippen molar-refractivity contribution in [1.29, 1.82) is 0 Å². The zero-order valence-corrected chi connectivity index (χ0v) is 22.9. The molecule has 0 N–H and O–H groups in total. The fourth-order valence-electron chi connectivity index (χ4n) is 3.95. The van der Waals surface area contributed by atoms with Crippen LogP contribution in [0.1, 0.15) is 39.0 Å². The molecule has 0 unspecified atom stereocenters. The Morgan fingerprint density at radius 1 is 1.24 bits per heavy atom. The number of halogens is 3. The van der Waals surface area contributed by atoms with Gasteiger partial charge < -0.3 is 14.2 Å². The Bertz CT molecular complexity index is 972. The van der Waals surface area contributed by atoms with Crippen LogP contribution in [0.25, 0.3) is 11.0 Å². The van der Waals surface area contributed by atoms with E-state index in [-0.39, 0.29) is 39.8 Å². The van der Waals surface area contributed by atoms with E-state index in [9.17, 15) is 13.6 Å². The van der Waals surface area contributed by atoms with Crippen molar-refractivity contribution in [2.75, 3.05) is 13.2 Å². The number of carbonyl (C=O) groups excluding carboxylic acids is 1. The second-order valence-electron chi connectivity index (χ2n) is 9.79. The third kappa shape index (κ3) is 7.11. The van der Waals surface area contributed by atoms with Crippen LogP contribution in [-0.4, -0.2) is 42.9 Å². The first-order valence-corrected chi connectivity index (χ1v) is 16.3. The molecule has 0 amide bonds. The SMILES string of the molecule is CCOC(=O)CC1CCC(Oc2nc3c(F)c(I)c(F)cc3n2COCC[Si](C)(C)C)CC1. The van der Waals surface area contributed by atoms with Gasteiger partial charge in [-0.3, -0.25) is 9.36 Å². The van der Waals surface area contributed by atoms with Gasteiger partial charge in [-0.1, -0.05) is 19.6 Å². The number of fused-ring (bicyclic) bond motifs is 1. The normalized spacial score (nSPS) is 19.1. The van der Waals surface area contributed by atoms with E-state index < -0.39 is 19.7 Å². The van der Waals surface area contributed by atoms with Crippen molar-refractivity contribution >= 4 is 47.7 Å². The van der Waals surface area contributed by atoms with Gasteiger partial charge in [-0.05, 0) is 67.2 Å². The molecule has 1 aromatic carbocycles. The molecule has 0 radical (unpaired) electrons. The number of aromatic nitrogens is 2. The maximum absolute atomic E-state index is 14.8. The van der Waals surface area contributed by atoms with Gasteiger partial charge in [0.05, 0.1) is 15.7 Å². The largest absolute Gasteiger partial charge is 0.466 e. The third-order valence-corrected chi connectivity index (χ3v) is 8.58. The molecule has 0 saturated heterocycles. The van der Waals surface area contributed by atoms with Gasteiger partial charge in [0.15, 0.2) is 5.82 Å². The number of esters is 1. The minimum absolute atomic E-state index is 0.0839. The second-order valence-corrected chi connectivity index (χ2v) is 16.5. The topological polar surface area (TPSA) is 62.6 Å². The molecule has 1 heterocycles. The lowest BCUT2D eigenvalue weighted by Gasteiger charge is -2.28. The first kappa shape index (κ1) is 26.3. The van der Waals surface area contributed by atoms with E-state index in [1.807, 2.05) is 0 Å². The molecule has 1 fully saturated rings. The van der Waals surface area contributed by atoms with Crippen LogP contribution in [0, 0.1) is 21.1 Å². The minimum atomic E-state index is -1.27. The van der Waals surface area contributed by atoms with Crippen molar-refractivity contribution in [1.82, 2.24) is 9.55 Å². The highest BCUT2D eigenvalue weighted by Gasteiger charge is 2.27. The summed E-state index contributed by atoms with van der Waals surface area (Å²) in [6, 6.07) is 2.52. The van der Waals surface area contributed by atoms with Gasteiger partial charge >= 0.3 is 5.97 Å². The Balaban J connectivity index is 1.73. The molecule has 184 valence electrons.